The molecule has 17 heavy (non-hydrogen) atoms. The number of carbonyl (C=O) groups excluding carboxylic acids is 1. The molecule has 2 fully saturated rings. The van der Waals surface area contributed by atoms with Gasteiger partial charge in [-0.2, -0.15) is 0 Å². The van der Waals surface area contributed by atoms with E-state index in [1.165, 1.54) is 32.1 Å². The molecule has 0 aromatic rings. The third kappa shape index (κ3) is 2.38. The Labute approximate surface area is 105 Å². The minimum absolute atomic E-state index is 0.0605. The van der Waals surface area contributed by atoms with Crippen molar-refractivity contribution in [1.82, 2.24) is 0 Å². The van der Waals surface area contributed by atoms with Crippen LogP contribution >= 0.6 is 0 Å². The van der Waals surface area contributed by atoms with Gasteiger partial charge in [0.05, 0.1) is 0 Å². The molecule has 0 aromatic heterocycles. The lowest BCUT2D eigenvalue weighted by Crippen LogP contribution is -2.34. The van der Waals surface area contributed by atoms with Gasteiger partial charge in [-0.15, -0.1) is 0 Å². The molecule has 2 saturated carbocycles. The predicted octanol–water partition coefficient (Wildman–Crippen LogP) is 4.29. The molecule has 0 heterocycles. The average molecular weight is 232 g/mol. The summed E-state index contributed by atoms with van der Waals surface area (Å²) in [5.74, 6) is 1.93. The Kier molecular flexibility index (Phi) is 3.86. The number of Topliss-reactive ketones (excluding diaryl/α,β-unsaturated/α-hetero) is 1. The fraction of sp³-hybridized carbons (Fsp3) is 0.688. The largest absolute Gasteiger partial charge is 0.299 e. The Morgan fingerprint density at radius 1 is 1.53 bits per heavy atom. The van der Waals surface area contributed by atoms with Crippen molar-refractivity contribution in [3.8, 4) is 0 Å². The van der Waals surface area contributed by atoms with E-state index in [1.54, 1.807) is 0 Å². The molecule has 1 nitrogen and oxygen atoms in total. The van der Waals surface area contributed by atoms with Crippen LogP contribution in [0, 0.1) is 17.3 Å². The first-order chi connectivity index (χ1) is 8.19. The lowest BCUT2D eigenvalue weighted by Gasteiger charge is -2.35. The average Bonchev–Trinajstić information content (AvgIpc) is 2.57. The van der Waals surface area contributed by atoms with E-state index in [0.29, 0.717) is 11.7 Å². The van der Waals surface area contributed by atoms with Gasteiger partial charge < -0.3 is 0 Å². The minimum Gasteiger partial charge on any atom is -0.299 e. The van der Waals surface area contributed by atoms with Crippen molar-refractivity contribution in [3.05, 3.63) is 24.8 Å². The van der Waals surface area contributed by atoms with Gasteiger partial charge in [0.1, 0.15) is 5.78 Å². The monoisotopic (exact) mass is 232 g/mol. The van der Waals surface area contributed by atoms with Gasteiger partial charge in [-0.1, -0.05) is 37.6 Å². The Morgan fingerprint density at radius 3 is 3.06 bits per heavy atom. The van der Waals surface area contributed by atoms with E-state index in [1.807, 2.05) is 19.1 Å². The van der Waals surface area contributed by atoms with Crippen LogP contribution in [0.5, 0.6) is 0 Å². The molecule has 2 bridgehead atoms. The molecule has 2 rings (SSSR count). The van der Waals surface area contributed by atoms with Crippen molar-refractivity contribution in [3.63, 3.8) is 0 Å². The number of fused-ring (bicyclic) bond motifs is 2. The highest BCUT2D eigenvalue weighted by atomic mass is 16.1. The molecule has 2 aliphatic rings. The number of allylic oxidation sites excluding steroid dienone is 3. The standard InChI is InChI=1S/C16H24O/c1-3-4-5-6-9-15-11-14-8-7-10-16(15,12-14)13(2)17/h3-5,14-15H,1,6-12H2,2H3/b5-4+/t14-,15-,16-/m0/s1. The number of ketones is 1. The molecule has 0 amide bonds. The van der Waals surface area contributed by atoms with Gasteiger partial charge in [-0.3, -0.25) is 4.79 Å². The van der Waals surface area contributed by atoms with Crippen LogP contribution in [0.1, 0.15) is 51.9 Å². The summed E-state index contributed by atoms with van der Waals surface area (Å²) < 4.78 is 0. The van der Waals surface area contributed by atoms with Gasteiger partial charge in [-0.05, 0) is 50.9 Å². The lowest BCUT2D eigenvalue weighted by molar-refractivity contribution is -0.130. The van der Waals surface area contributed by atoms with E-state index >= 15 is 0 Å². The molecule has 94 valence electrons. The van der Waals surface area contributed by atoms with Crippen LogP contribution in [0.3, 0.4) is 0 Å². The zero-order valence-electron chi connectivity index (χ0n) is 11.0. The zero-order chi connectivity index (χ0) is 12.3. The SMILES string of the molecule is C=C/C=C/CC[C@H]1C[C@@H]2CCC[C@@]1(C(C)=O)C2. The van der Waals surface area contributed by atoms with Crippen LogP contribution in [0.2, 0.25) is 0 Å². The number of hydrogen-bond acceptors (Lipinski definition) is 1. The van der Waals surface area contributed by atoms with Crippen LogP contribution in [0.15, 0.2) is 24.8 Å². The summed E-state index contributed by atoms with van der Waals surface area (Å²) in [5, 5.41) is 0. The van der Waals surface area contributed by atoms with Gasteiger partial charge in [0.15, 0.2) is 0 Å². The molecule has 2 aliphatic carbocycles. The first kappa shape index (κ1) is 12.6. The van der Waals surface area contributed by atoms with Crippen molar-refractivity contribution >= 4 is 5.78 Å². The van der Waals surface area contributed by atoms with Gasteiger partial charge in [0, 0.05) is 5.41 Å². The molecule has 0 spiro atoms. The van der Waals surface area contributed by atoms with Crippen LogP contribution in [-0.2, 0) is 4.79 Å². The second-order valence-electron chi connectivity index (χ2n) is 5.85. The Hall–Kier alpha value is -0.850. The van der Waals surface area contributed by atoms with E-state index in [4.69, 9.17) is 0 Å². The number of hydrogen-bond donors (Lipinski definition) is 0. The molecule has 1 heteroatoms. The summed E-state index contributed by atoms with van der Waals surface area (Å²) in [7, 11) is 0. The quantitative estimate of drug-likeness (QED) is 0.646. The highest BCUT2D eigenvalue weighted by Gasteiger charge is 2.51. The summed E-state index contributed by atoms with van der Waals surface area (Å²) in [6.07, 6.45) is 14.5. The highest BCUT2D eigenvalue weighted by molar-refractivity contribution is 5.83. The van der Waals surface area contributed by atoms with Gasteiger partial charge >= 0.3 is 0 Å². The van der Waals surface area contributed by atoms with Crippen LogP contribution in [0.25, 0.3) is 0 Å². The lowest BCUT2D eigenvalue weighted by atomic mass is 9.68. The maximum atomic E-state index is 12.0. The summed E-state index contributed by atoms with van der Waals surface area (Å²) >= 11 is 0. The van der Waals surface area contributed by atoms with Crippen LogP contribution in [-0.4, -0.2) is 5.78 Å². The Bertz CT molecular complexity index is 328. The van der Waals surface area contributed by atoms with Gasteiger partial charge in [-0.25, -0.2) is 0 Å². The van der Waals surface area contributed by atoms with Gasteiger partial charge in [0.2, 0.25) is 0 Å². The zero-order valence-corrected chi connectivity index (χ0v) is 11.0. The van der Waals surface area contributed by atoms with Crippen molar-refractivity contribution < 1.29 is 4.79 Å². The van der Waals surface area contributed by atoms with Crippen molar-refractivity contribution in [1.29, 1.82) is 0 Å². The minimum atomic E-state index is 0.0605. The maximum Gasteiger partial charge on any atom is 0.136 e. The van der Waals surface area contributed by atoms with Crippen molar-refractivity contribution in [2.24, 2.45) is 17.3 Å². The number of rotatable bonds is 5. The van der Waals surface area contributed by atoms with Crippen LogP contribution < -0.4 is 0 Å². The maximum absolute atomic E-state index is 12.0. The third-order valence-corrected chi connectivity index (χ3v) is 4.94. The fourth-order valence-electron chi connectivity index (χ4n) is 4.12. The fourth-order valence-corrected chi connectivity index (χ4v) is 4.12. The first-order valence-corrected chi connectivity index (χ1v) is 6.97. The normalized spacial score (nSPS) is 36.3. The molecule has 0 aromatic carbocycles. The summed E-state index contributed by atoms with van der Waals surface area (Å²) in [6.45, 7) is 5.50. The van der Waals surface area contributed by atoms with E-state index in [-0.39, 0.29) is 5.41 Å². The Balaban J connectivity index is 2.02. The van der Waals surface area contributed by atoms with E-state index < -0.39 is 0 Å². The molecule has 0 aliphatic heterocycles. The second kappa shape index (κ2) is 5.20. The van der Waals surface area contributed by atoms with E-state index in [0.717, 1.165) is 18.8 Å². The second-order valence-corrected chi connectivity index (χ2v) is 5.85. The van der Waals surface area contributed by atoms with Crippen molar-refractivity contribution in [2.75, 3.05) is 0 Å². The smallest absolute Gasteiger partial charge is 0.136 e. The van der Waals surface area contributed by atoms with Gasteiger partial charge in [0.25, 0.3) is 0 Å². The highest BCUT2D eigenvalue weighted by Crippen LogP contribution is 2.56. The molecular weight excluding hydrogens is 208 g/mol. The van der Waals surface area contributed by atoms with Crippen molar-refractivity contribution in [2.45, 2.75) is 51.9 Å². The molecule has 0 unspecified atom stereocenters. The van der Waals surface area contributed by atoms with E-state index in [2.05, 4.69) is 12.7 Å². The van der Waals surface area contributed by atoms with E-state index in [9.17, 15) is 4.79 Å². The number of carbonyl (C=O) groups is 1. The molecule has 3 atom stereocenters. The molecule has 0 saturated heterocycles. The molecule has 0 N–H and O–H groups in total. The first-order valence-electron chi connectivity index (χ1n) is 6.97. The predicted molar refractivity (Wildman–Crippen MR) is 71.8 cm³/mol. The summed E-state index contributed by atoms with van der Waals surface area (Å²) in [6, 6.07) is 0. The van der Waals surface area contributed by atoms with Crippen LogP contribution in [0.4, 0.5) is 0 Å². The summed E-state index contributed by atoms with van der Waals surface area (Å²) in [4.78, 5) is 12.0. The third-order valence-electron chi connectivity index (χ3n) is 4.94. The molecular formula is C16H24O. The Morgan fingerprint density at radius 2 is 2.35 bits per heavy atom. The molecule has 0 radical (unpaired) electrons. The summed E-state index contributed by atoms with van der Waals surface area (Å²) in [5.41, 5.74) is 0.0605. The topological polar surface area (TPSA) is 17.1 Å².